The maximum absolute atomic E-state index is 10.9. The van der Waals surface area contributed by atoms with Gasteiger partial charge in [-0.05, 0) is 6.42 Å². The summed E-state index contributed by atoms with van der Waals surface area (Å²) in [7, 11) is 1.63. The van der Waals surface area contributed by atoms with Crippen molar-refractivity contribution in [2.24, 2.45) is 0 Å². The molecule has 0 aromatic rings. The molecular formula is C6H10N2O2. The first-order valence-corrected chi connectivity index (χ1v) is 3.25. The molecule has 1 rings (SSSR count). The summed E-state index contributed by atoms with van der Waals surface area (Å²) in [6.45, 7) is 1.27. The summed E-state index contributed by atoms with van der Waals surface area (Å²) < 4.78 is 0. The monoisotopic (exact) mass is 142 g/mol. The van der Waals surface area contributed by atoms with Crippen molar-refractivity contribution in [3.05, 3.63) is 0 Å². The van der Waals surface area contributed by atoms with Crippen molar-refractivity contribution >= 4 is 11.8 Å². The second kappa shape index (κ2) is 2.68. The van der Waals surface area contributed by atoms with Crippen LogP contribution in [0.3, 0.4) is 0 Å². The number of likely N-dealkylation sites (N-methyl/N-ethyl adjacent to an activating group) is 1. The number of rotatable bonds is 0. The molecule has 0 unspecified atom stereocenters. The highest BCUT2D eigenvalue weighted by Crippen LogP contribution is 1.92. The normalized spacial score (nSPS) is 20.3. The standard InChI is InChI=1S/C6H10N2O2/c1-8-4-2-3-7-5(9)6(8)10/h2-4H2,1H3,(H,7,9). The summed E-state index contributed by atoms with van der Waals surface area (Å²) in [5.41, 5.74) is 0. The number of nitrogens with one attached hydrogen (secondary N) is 1. The van der Waals surface area contributed by atoms with Gasteiger partial charge in [0.25, 0.3) is 0 Å². The van der Waals surface area contributed by atoms with E-state index in [0.717, 1.165) is 6.42 Å². The molecule has 0 atom stereocenters. The van der Waals surface area contributed by atoms with Gasteiger partial charge in [-0.3, -0.25) is 9.59 Å². The SMILES string of the molecule is CN1CCCNC(=O)C1=O. The van der Waals surface area contributed by atoms with E-state index in [0.29, 0.717) is 13.1 Å². The Morgan fingerprint density at radius 1 is 1.50 bits per heavy atom. The van der Waals surface area contributed by atoms with Gasteiger partial charge in [0.15, 0.2) is 0 Å². The average molecular weight is 142 g/mol. The molecule has 0 spiro atoms. The van der Waals surface area contributed by atoms with Crippen molar-refractivity contribution in [1.29, 1.82) is 0 Å². The molecule has 0 aromatic heterocycles. The predicted octanol–water partition coefficient (Wildman–Crippen LogP) is -1.04. The summed E-state index contributed by atoms with van der Waals surface area (Å²) in [6.07, 6.45) is 0.841. The Kier molecular flexibility index (Phi) is 1.89. The molecule has 1 heterocycles. The lowest BCUT2D eigenvalue weighted by Gasteiger charge is -2.10. The van der Waals surface area contributed by atoms with E-state index in [1.807, 2.05) is 0 Å². The van der Waals surface area contributed by atoms with Gasteiger partial charge in [-0.1, -0.05) is 0 Å². The zero-order valence-electron chi connectivity index (χ0n) is 5.89. The van der Waals surface area contributed by atoms with Gasteiger partial charge < -0.3 is 10.2 Å². The molecule has 56 valence electrons. The second-order valence-electron chi connectivity index (χ2n) is 2.34. The van der Waals surface area contributed by atoms with Gasteiger partial charge >= 0.3 is 11.8 Å². The fraction of sp³-hybridized carbons (Fsp3) is 0.667. The summed E-state index contributed by atoms with van der Waals surface area (Å²) >= 11 is 0. The quantitative estimate of drug-likeness (QED) is 0.439. The van der Waals surface area contributed by atoms with E-state index in [-0.39, 0.29) is 0 Å². The Labute approximate surface area is 59.2 Å². The van der Waals surface area contributed by atoms with Gasteiger partial charge in [0.05, 0.1) is 0 Å². The molecule has 0 saturated carbocycles. The number of hydrogen-bond acceptors (Lipinski definition) is 2. The van der Waals surface area contributed by atoms with E-state index in [1.54, 1.807) is 7.05 Å². The summed E-state index contributed by atoms with van der Waals surface area (Å²) in [6, 6.07) is 0. The smallest absolute Gasteiger partial charge is 0.311 e. The van der Waals surface area contributed by atoms with E-state index < -0.39 is 11.8 Å². The van der Waals surface area contributed by atoms with Crippen LogP contribution in [0.4, 0.5) is 0 Å². The molecule has 1 aliphatic heterocycles. The molecule has 4 nitrogen and oxygen atoms in total. The van der Waals surface area contributed by atoms with Crippen molar-refractivity contribution in [1.82, 2.24) is 10.2 Å². The third-order valence-electron chi connectivity index (χ3n) is 1.50. The zero-order chi connectivity index (χ0) is 7.56. The largest absolute Gasteiger partial charge is 0.348 e. The topological polar surface area (TPSA) is 49.4 Å². The van der Waals surface area contributed by atoms with E-state index in [9.17, 15) is 9.59 Å². The third-order valence-corrected chi connectivity index (χ3v) is 1.50. The average Bonchev–Trinajstić information content (AvgIpc) is 2.04. The summed E-state index contributed by atoms with van der Waals surface area (Å²) in [5, 5.41) is 2.49. The molecule has 4 heteroatoms. The molecule has 0 aliphatic carbocycles. The van der Waals surface area contributed by atoms with Gasteiger partial charge in [0.1, 0.15) is 0 Å². The number of hydrogen-bond donors (Lipinski definition) is 1. The first kappa shape index (κ1) is 7.05. The second-order valence-corrected chi connectivity index (χ2v) is 2.34. The van der Waals surface area contributed by atoms with Crippen molar-refractivity contribution in [2.75, 3.05) is 20.1 Å². The van der Waals surface area contributed by atoms with Crippen LogP contribution < -0.4 is 5.32 Å². The Bertz CT molecular complexity index is 167. The molecule has 1 saturated heterocycles. The predicted molar refractivity (Wildman–Crippen MR) is 35.3 cm³/mol. The minimum Gasteiger partial charge on any atom is -0.348 e. The lowest BCUT2D eigenvalue weighted by Crippen LogP contribution is -2.37. The highest BCUT2D eigenvalue weighted by Gasteiger charge is 2.20. The van der Waals surface area contributed by atoms with Crippen LogP contribution in [0.1, 0.15) is 6.42 Å². The maximum atomic E-state index is 10.9. The van der Waals surface area contributed by atoms with Crippen LogP contribution in [0.2, 0.25) is 0 Å². The van der Waals surface area contributed by atoms with Crippen molar-refractivity contribution in [2.45, 2.75) is 6.42 Å². The molecule has 10 heavy (non-hydrogen) atoms. The molecule has 1 aliphatic rings. The highest BCUT2D eigenvalue weighted by atomic mass is 16.2. The Hall–Kier alpha value is -1.06. The van der Waals surface area contributed by atoms with E-state index in [4.69, 9.17) is 0 Å². The molecule has 1 N–H and O–H groups in total. The van der Waals surface area contributed by atoms with Crippen LogP contribution in [0, 0.1) is 0 Å². The van der Waals surface area contributed by atoms with Crippen LogP contribution in [0.5, 0.6) is 0 Å². The van der Waals surface area contributed by atoms with Crippen LogP contribution in [-0.4, -0.2) is 36.9 Å². The Balaban J connectivity index is 2.64. The lowest BCUT2D eigenvalue weighted by atomic mass is 10.4. The maximum Gasteiger partial charge on any atom is 0.311 e. The number of carbonyl (C=O) groups is 2. The van der Waals surface area contributed by atoms with Crippen LogP contribution in [-0.2, 0) is 9.59 Å². The fourth-order valence-electron chi connectivity index (χ4n) is 0.869. The fourth-order valence-corrected chi connectivity index (χ4v) is 0.869. The summed E-state index contributed by atoms with van der Waals surface area (Å²) in [4.78, 5) is 23.0. The van der Waals surface area contributed by atoms with Gasteiger partial charge in [-0.2, -0.15) is 0 Å². The number of amides is 2. The van der Waals surface area contributed by atoms with E-state index >= 15 is 0 Å². The Morgan fingerprint density at radius 3 is 2.90 bits per heavy atom. The first-order chi connectivity index (χ1) is 4.72. The number of nitrogens with zero attached hydrogens (tertiary/aromatic N) is 1. The summed E-state index contributed by atoms with van der Waals surface area (Å²) in [5.74, 6) is -0.919. The molecule has 0 bridgehead atoms. The molecule has 0 radical (unpaired) electrons. The minimum atomic E-state index is -0.486. The molecule has 1 fully saturated rings. The molecule has 0 aromatic carbocycles. The lowest BCUT2D eigenvalue weighted by molar-refractivity contribution is -0.144. The van der Waals surface area contributed by atoms with Crippen molar-refractivity contribution < 1.29 is 9.59 Å². The molecular weight excluding hydrogens is 132 g/mol. The zero-order valence-corrected chi connectivity index (χ0v) is 5.89. The first-order valence-electron chi connectivity index (χ1n) is 3.25. The van der Waals surface area contributed by atoms with E-state index in [2.05, 4.69) is 5.32 Å². The minimum absolute atomic E-state index is 0.433. The highest BCUT2D eigenvalue weighted by molar-refractivity contribution is 6.35. The van der Waals surface area contributed by atoms with Gasteiger partial charge in [0, 0.05) is 20.1 Å². The Morgan fingerprint density at radius 2 is 2.20 bits per heavy atom. The van der Waals surface area contributed by atoms with Crippen LogP contribution >= 0.6 is 0 Å². The van der Waals surface area contributed by atoms with Gasteiger partial charge in [-0.25, -0.2) is 0 Å². The molecule has 2 amide bonds. The van der Waals surface area contributed by atoms with E-state index in [1.165, 1.54) is 4.90 Å². The van der Waals surface area contributed by atoms with Crippen LogP contribution in [0.25, 0.3) is 0 Å². The van der Waals surface area contributed by atoms with Gasteiger partial charge in [0.2, 0.25) is 0 Å². The van der Waals surface area contributed by atoms with Gasteiger partial charge in [-0.15, -0.1) is 0 Å². The van der Waals surface area contributed by atoms with Crippen LogP contribution in [0.15, 0.2) is 0 Å². The number of carbonyl (C=O) groups excluding carboxylic acids is 2. The third kappa shape index (κ3) is 1.26. The van der Waals surface area contributed by atoms with Crippen molar-refractivity contribution in [3.8, 4) is 0 Å². The van der Waals surface area contributed by atoms with Crippen molar-refractivity contribution in [3.63, 3.8) is 0 Å².